The topological polar surface area (TPSA) is 68.6 Å². The van der Waals surface area contributed by atoms with Crippen molar-refractivity contribution in [1.82, 2.24) is 9.47 Å². The van der Waals surface area contributed by atoms with Gasteiger partial charge in [0.15, 0.2) is 5.60 Å². The highest BCUT2D eigenvalue weighted by Crippen LogP contribution is 2.37. The Bertz CT molecular complexity index is 1040. The Balaban J connectivity index is 1.43. The third-order valence-electron chi connectivity index (χ3n) is 6.30. The van der Waals surface area contributed by atoms with E-state index in [9.17, 15) is 14.4 Å². The Morgan fingerprint density at radius 3 is 2.75 bits per heavy atom. The monoisotopic (exact) mass is 378 g/mol. The second kappa shape index (κ2) is 6.06. The number of aromatic nitrogens is 1. The van der Waals surface area contributed by atoms with Crippen LogP contribution < -0.4 is 5.56 Å². The van der Waals surface area contributed by atoms with Crippen molar-refractivity contribution < 1.29 is 14.3 Å². The average molecular weight is 378 g/mol. The van der Waals surface area contributed by atoms with Crippen molar-refractivity contribution in [3.8, 4) is 0 Å². The van der Waals surface area contributed by atoms with Crippen molar-refractivity contribution in [1.29, 1.82) is 0 Å². The largest absolute Gasteiger partial charge is 0.445 e. The number of piperidine rings is 1. The first kappa shape index (κ1) is 17.2. The maximum atomic E-state index is 13.4. The zero-order valence-corrected chi connectivity index (χ0v) is 15.8. The highest BCUT2D eigenvalue weighted by atomic mass is 16.6. The summed E-state index contributed by atoms with van der Waals surface area (Å²) in [5.74, 6) is -0.199. The van der Waals surface area contributed by atoms with Crippen LogP contribution in [0.15, 0.2) is 47.3 Å². The molecule has 0 spiro atoms. The van der Waals surface area contributed by atoms with E-state index in [4.69, 9.17) is 4.74 Å². The van der Waals surface area contributed by atoms with Crippen molar-refractivity contribution in [2.24, 2.45) is 5.92 Å². The van der Waals surface area contributed by atoms with Gasteiger partial charge in [-0.3, -0.25) is 9.59 Å². The van der Waals surface area contributed by atoms with Crippen LogP contribution in [0.5, 0.6) is 0 Å². The fraction of sp³-hybridized carbons (Fsp3) is 0.409. The molecule has 6 nitrogen and oxygen atoms in total. The molecule has 2 aromatic rings. The zero-order chi connectivity index (χ0) is 19.5. The molecule has 4 heterocycles. The summed E-state index contributed by atoms with van der Waals surface area (Å²) in [7, 11) is 0. The Hall–Kier alpha value is -2.89. The van der Waals surface area contributed by atoms with Gasteiger partial charge in [-0.15, -0.1) is 0 Å². The number of cyclic esters (lactones) is 1. The van der Waals surface area contributed by atoms with E-state index in [0.29, 0.717) is 31.6 Å². The number of pyridine rings is 1. The molecule has 1 fully saturated rings. The summed E-state index contributed by atoms with van der Waals surface area (Å²) in [5.41, 5.74) is 1.22. The highest BCUT2D eigenvalue weighted by molar-refractivity contribution is 5.97. The minimum atomic E-state index is -1.19. The first-order chi connectivity index (χ1) is 13.4. The van der Waals surface area contributed by atoms with E-state index in [0.717, 1.165) is 17.7 Å². The Morgan fingerprint density at radius 1 is 1.07 bits per heavy atom. The van der Waals surface area contributed by atoms with Gasteiger partial charge in [0.05, 0.1) is 5.56 Å². The molecule has 3 unspecified atom stereocenters. The predicted octanol–water partition coefficient (Wildman–Crippen LogP) is 1.97. The normalized spacial score (nSPS) is 28.2. The number of carbonyl (C=O) groups excluding carboxylic acids is 2. The summed E-state index contributed by atoms with van der Waals surface area (Å²) in [4.78, 5) is 39.9. The molecule has 0 saturated carbocycles. The number of carbonyl (C=O) groups is 2. The summed E-state index contributed by atoms with van der Waals surface area (Å²) in [5, 5.41) is 0. The molecule has 28 heavy (non-hydrogen) atoms. The van der Waals surface area contributed by atoms with Crippen molar-refractivity contribution >= 4 is 11.9 Å². The number of likely N-dealkylation sites (tertiary alicyclic amines) is 1. The molecular formula is C22H22N2O4. The van der Waals surface area contributed by atoms with Crippen LogP contribution in [0.2, 0.25) is 0 Å². The third-order valence-corrected chi connectivity index (χ3v) is 6.30. The molecule has 0 aliphatic carbocycles. The number of esters is 1. The van der Waals surface area contributed by atoms with Gasteiger partial charge >= 0.3 is 5.97 Å². The molecule has 1 aromatic heterocycles. The van der Waals surface area contributed by atoms with Crippen LogP contribution in [0, 0.1) is 5.92 Å². The molecule has 1 amide bonds. The third kappa shape index (κ3) is 2.58. The second-order valence-electron chi connectivity index (χ2n) is 8.36. The van der Waals surface area contributed by atoms with Gasteiger partial charge in [-0.25, -0.2) is 4.79 Å². The lowest BCUT2D eigenvalue weighted by molar-refractivity contribution is -0.154. The van der Waals surface area contributed by atoms with Crippen molar-refractivity contribution in [3.63, 3.8) is 0 Å². The summed E-state index contributed by atoms with van der Waals surface area (Å²) in [6.45, 7) is 3.49. The van der Waals surface area contributed by atoms with Crippen LogP contribution in [0.4, 0.5) is 0 Å². The SMILES string of the molecule is CC1(C(=O)N2CC3CC(C2)c2cccc(=O)n2C3)Cc2ccccc2C(=O)O1. The van der Waals surface area contributed by atoms with Gasteiger partial charge in [-0.2, -0.15) is 0 Å². The maximum absolute atomic E-state index is 13.4. The van der Waals surface area contributed by atoms with Gasteiger partial charge in [-0.1, -0.05) is 24.3 Å². The smallest absolute Gasteiger partial charge is 0.339 e. The highest BCUT2D eigenvalue weighted by Gasteiger charge is 2.47. The lowest BCUT2D eigenvalue weighted by atomic mass is 9.81. The Kier molecular flexibility index (Phi) is 3.73. The molecule has 3 aliphatic rings. The number of ether oxygens (including phenoxy) is 1. The first-order valence-electron chi connectivity index (χ1n) is 9.75. The van der Waals surface area contributed by atoms with E-state index in [1.165, 1.54) is 0 Å². The number of fused-ring (bicyclic) bond motifs is 5. The molecule has 0 N–H and O–H groups in total. The van der Waals surface area contributed by atoms with Crippen LogP contribution in [0.1, 0.15) is 40.9 Å². The lowest BCUT2D eigenvalue weighted by Gasteiger charge is -2.45. The summed E-state index contributed by atoms with van der Waals surface area (Å²) >= 11 is 0. The minimum absolute atomic E-state index is 0.0248. The Morgan fingerprint density at radius 2 is 1.89 bits per heavy atom. The first-order valence-corrected chi connectivity index (χ1v) is 9.75. The number of benzene rings is 1. The Labute approximate surface area is 162 Å². The van der Waals surface area contributed by atoms with Crippen LogP contribution >= 0.6 is 0 Å². The van der Waals surface area contributed by atoms with Gasteiger partial charge in [0.25, 0.3) is 11.5 Å². The van der Waals surface area contributed by atoms with Gasteiger partial charge in [0.1, 0.15) is 0 Å². The predicted molar refractivity (Wildman–Crippen MR) is 102 cm³/mol. The van der Waals surface area contributed by atoms with E-state index in [-0.39, 0.29) is 23.3 Å². The maximum Gasteiger partial charge on any atom is 0.339 e. The second-order valence-corrected chi connectivity index (χ2v) is 8.36. The number of hydrogen-bond acceptors (Lipinski definition) is 4. The molecule has 1 aromatic carbocycles. The molecule has 0 radical (unpaired) electrons. The average Bonchev–Trinajstić information content (AvgIpc) is 2.68. The van der Waals surface area contributed by atoms with Crippen LogP contribution in [-0.2, 0) is 22.5 Å². The van der Waals surface area contributed by atoms with Crippen molar-refractivity contribution in [2.45, 2.75) is 37.8 Å². The quantitative estimate of drug-likeness (QED) is 0.712. The lowest BCUT2D eigenvalue weighted by Crippen LogP contribution is -2.57. The number of hydrogen-bond donors (Lipinski definition) is 0. The van der Waals surface area contributed by atoms with E-state index < -0.39 is 11.6 Å². The minimum Gasteiger partial charge on any atom is -0.445 e. The molecule has 6 heteroatoms. The van der Waals surface area contributed by atoms with Gasteiger partial charge < -0.3 is 14.2 Å². The molecular weight excluding hydrogens is 356 g/mol. The van der Waals surface area contributed by atoms with Crippen LogP contribution in [-0.4, -0.2) is 40.0 Å². The summed E-state index contributed by atoms with van der Waals surface area (Å²) in [6, 6.07) is 12.7. The summed E-state index contributed by atoms with van der Waals surface area (Å²) in [6.07, 6.45) is 1.36. The fourth-order valence-electron chi connectivity index (χ4n) is 5.05. The standard InChI is InChI=1S/C22H22N2O4/c1-22(10-15-5-2-3-6-17(15)20(26)28-22)21(27)23-11-14-9-16(13-23)18-7-4-8-19(25)24(18)12-14/h2-8,14,16H,9-13H2,1H3. The molecule has 1 saturated heterocycles. The van der Waals surface area contributed by atoms with Crippen molar-refractivity contribution in [2.75, 3.05) is 13.1 Å². The molecule has 2 bridgehead atoms. The number of amides is 1. The van der Waals surface area contributed by atoms with Gasteiger partial charge in [0.2, 0.25) is 0 Å². The van der Waals surface area contributed by atoms with E-state index in [2.05, 4.69) is 0 Å². The summed E-state index contributed by atoms with van der Waals surface area (Å²) < 4.78 is 7.49. The molecule has 3 atom stereocenters. The molecule has 144 valence electrons. The molecule has 5 rings (SSSR count). The number of nitrogens with zero attached hydrogens (tertiary/aromatic N) is 2. The van der Waals surface area contributed by atoms with Gasteiger partial charge in [0, 0.05) is 43.7 Å². The fourth-order valence-corrected chi connectivity index (χ4v) is 5.05. The van der Waals surface area contributed by atoms with Gasteiger partial charge in [-0.05, 0) is 37.0 Å². The zero-order valence-electron chi connectivity index (χ0n) is 15.8. The molecule has 3 aliphatic heterocycles. The van der Waals surface area contributed by atoms with E-state index in [1.54, 1.807) is 31.2 Å². The van der Waals surface area contributed by atoms with Crippen molar-refractivity contribution in [3.05, 3.63) is 69.6 Å². The van der Waals surface area contributed by atoms with Crippen LogP contribution in [0.25, 0.3) is 0 Å². The van der Waals surface area contributed by atoms with Crippen LogP contribution in [0.3, 0.4) is 0 Å². The van der Waals surface area contributed by atoms with E-state index in [1.807, 2.05) is 27.7 Å². The number of rotatable bonds is 1. The van der Waals surface area contributed by atoms with E-state index >= 15 is 0 Å².